The number of alkyl halides is 3. The largest absolute Gasteiger partial charge is 0.389 e. The number of nitrogens with one attached hydrogen (secondary N) is 1. The first-order valence-corrected chi connectivity index (χ1v) is 2.50. The zero-order chi connectivity index (χ0) is 7.33. The van der Waals surface area contributed by atoms with Crippen molar-refractivity contribution in [2.75, 3.05) is 6.54 Å². The molecular formula is C4H9ClF3NO. The van der Waals surface area contributed by atoms with Gasteiger partial charge in [-0.3, -0.25) is 0 Å². The predicted octanol–water partition coefficient (Wildman–Crippen LogP) is 1.73. The lowest BCUT2D eigenvalue weighted by molar-refractivity contribution is -0.135. The first kappa shape index (κ1) is 12.7. The third-order valence-corrected chi connectivity index (χ3v) is 0.749. The molecule has 10 heavy (non-hydrogen) atoms. The maximum absolute atomic E-state index is 11.3. The molecule has 0 amide bonds. The maximum Gasteiger partial charge on any atom is 0.389 e. The Bertz CT molecular complexity index is 77.4. The summed E-state index contributed by atoms with van der Waals surface area (Å²) in [5.74, 6) is 0. The van der Waals surface area contributed by atoms with Crippen molar-refractivity contribution in [3.63, 3.8) is 0 Å². The molecule has 0 aromatic rings. The van der Waals surface area contributed by atoms with Gasteiger partial charge in [-0.25, -0.2) is 5.48 Å². The van der Waals surface area contributed by atoms with Gasteiger partial charge in [0.15, 0.2) is 0 Å². The summed E-state index contributed by atoms with van der Waals surface area (Å²) in [6.07, 6.45) is -5.03. The van der Waals surface area contributed by atoms with Gasteiger partial charge < -0.3 is 5.21 Å². The first-order valence-electron chi connectivity index (χ1n) is 2.50. The van der Waals surface area contributed by atoms with Crippen molar-refractivity contribution in [1.82, 2.24) is 5.48 Å². The van der Waals surface area contributed by atoms with Gasteiger partial charge >= 0.3 is 6.18 Å². The van der Waals surface area contributed by atoms with Crippen LogP contribution in [0.15, 0.2) is 0 Å². The van der Waals surface area contributed by atoms with E-state index in [2.05, 4.69) is 0 Å². The summed E-state index contributed by atoms with van der Waals surface area (Å²) in [6.45, 7) is -0.0144. The van der Waals surface area contributed by atoms with Crippen LogP contribution in [-0.2, 0) is 0 Å². The van der Waals surface area contributed by atoms with E-state index in [0.717, 1.165) is 0 Å². The predicted molar refractivity (Wildman–Crippen MR) is 32.3 cm³/mol. The summed E-state index contributed by atoms with van der Waals surface area (Å²) >= 11 is 0. The molecule has 0 aliphatic carbocycles. The Balaban J connectivity index is 0. The Hall–Kier alpha value is -0.0000000000000000555. The molecule has 6 heteroatoms. The molecule has 2 N–H and O–H groups in total. The van der Waals surface area contributed by atoms with Crippen LogP contribution in [0.4, 0.5) is 13.2 Å². The van der Waals surface area contributed by atoms with Gasteiger partial charge in [-0.2, -0.15) is 13.2 Å². The summed E-state index contributed by atoms with van der Waals surface area (Å²) in [4.78, 5) is 0. The van der Waals surface area contributed by atoms with Gasteiger partial charge in [0.1, 0.15) is 0 Å². The molecule has 0 unspecified atom stereocenters. The molecule has 0 aromatic heterocycles. The highest BCUT2D eigenvalue weighted by Gasteiger charge is 2.25. The quantitative estimate of drug-likeness (QED) is 0.511. The van der Waals surface area contributed by atoms with E-state index >= 15 is 0 Å². The van der Waals surface area contributed by atoms with E-state index in [-0.39, 0.29) is 25.4 Å². The van der Waals surface area contributed by atoms with Crippen molar-refractivity contribution in [3.8, 4) is 0 Å². The van der Waals surface area contributed by atoms with Crippen molar-refractivity contribution in [2.24, 2.45) is 0 Å². The molecule has 64 valence electrons. The van der Waals surface area contributed by atoms with Gasteiger partial charge in [0.25, 0.3) is 0 Å². The van der Waals surface area contributed by atoms with E-state index in [4.69, 9.17) is 5.21 Å². The minimum atomic E-state index is -4.10. The van der Waals surface area contributed by atoms with Crippen LogP contribution in [0, 0.1) is 0 Å². The van der Waals surface area contributed by atoms with Crippen LogP contribution in [0.3, 0.4) is 0 Å². The van der Waals surface area contributed by atoms with Crippen molar-refractivity contribution >= 4 is 12.4 Å². The van der Waals surface area contributed by atoms with Gasteiger partial charge in [0, 0.05) is 13.0 Å². The molecular weight excluding hydrogens is 170 g/mol. The average Bonchev–Trinajstić information content (AvgIpc) is 1.63. The first-order chi connectivity index (χ1) is 4.06. The Labute approximate surface area is 62.8 Å². The third kappa shape index (κ3) is 10.9. The molecule has 0 radical (unpaired) electrons. The minimum Gasteiger partial charge on any atom is -0.317 e. The summed E-state index contributed by atoms with van der Waals surface area (Å²) < 4.78 is 33.8. The fourth-order valence-electron chi connectivity index (χ4n) is 0.368. The molecule has 0 saturated carbocycles. The molecule has 0 heterocycles. The number of hydrogen-bond acceptors (Lipinski definition) is 2. The summed E-state index contributed by atoms with van der Waals surface area (Å²) in [5, 5.41) is 7.85. The Morgan fingerprint density at radius 2 is 1.80 bits per heavy atom. The molecule has 2 nitrogen and oxygen atoms in total. The molecule has 0 saturated heterocycles. The Morgan fingerprint density at radius 1 is 1.30 bits per heavy atom. The van der Waals surface area contributed by atoms with Crippen molar-refractivity contribution < 1.29 is 18.4 Å². The maximum atomic E-state index is 11.3. The van der Waals surface area contributed by atoms with E-state index in [1.807, 2.05) is 0 Å². The molecule has 0 aromatic carbocycles. The van der Waals surface area contributed by atoms with Crippen LogP contribution >= 0.6 is 12.4 Å². The average molecular weight is 180 g/mol. The van der Waals surface area contributed by atoms with Gasteiger partial charge in [0.05, 0.1) is 0 Å². The highest BCUT2D eigenvalue weighted by Crippen LogP contribution is 2.20. The van der Waals surface area contributed by atoms with Crippen LogP contribution in [0.1, 0.15) is 12.8 Å². The second-order valence-corrected chi connectivity index (χ2v) is 1.63. The standard InChI is InChI=1S/C4H8F3NO.ClH/c5-4(6,7)2-1-3-8-9;/h8-9H,1-3H2;1H. The van der Waals surface area contributed by atoms with Crippen LogP contribution in [0.25, 0.3) is 0 Å². The van der Waals surface area contributed by atoms with E-state index < -0.39 is 12.6 Å². The monoisotopic (exact) mass is 179 g/mol. The summed E-state index contributed by atoms with van der Waals surface area (Å²) in [6, 6.07) is 0. The second kappa shape index (κ2) is 5.76. The zero-order valence-corrected chi connectivity index (χ0v) is 5.93. The van der Waals surface area contributed by atoms with Crippen LogP contribution < -0.4 is 5.48 Å². The second-order valence-electron chi connectivity index (χ2n) is 1.63. The number of hydrogen-bond donors (Lipinski definition) is 2. The van der Waals surface area contributed by atoms with Crippen LogP contribution in [0.2, 0.25) is 0 Å². The molecule has 0 atom stereocenters. The highest BCUT2D eigenvalue weighted by molar-refractivity contribution is 5.85. The van der Waals surface area contributed by atoms with Gasteiger partial charge in [-0.15, -0.1) is 12.4 Å². The van der Waals surface area contributed by atoms with E-state index in [1.54, 1.807) is 5.48 Å². The van der Waals surface area contributed by atoms with Gasteiger partial charge in [-0.1, -0.05) is 0 Å². The number of hydroxylamine groups is 1. The molecule has 0 bridgehead atoms. The van der Waals surface area contributed by atoms with E-state index in [0.29, 0.717) is 0 Å². The van der Waals surface area contributed by atoms with Crippen molar-refractivity contribution in [2.45, 2.75) is 19.0 Å². The number of halogens is 4. The van der Waals surface area contributed by atoms with Crippen molar-refractivity contribution in [3.05, 3.63) is 0 Å². The fourth-order valence-corrected chi connectivity index (χ4v) is 0.368. The number of rotatable bonds is 3. The topological polar surface area (TPSA) is 32.3 Å². The van der Waals surface area contributed by atoms with Gasteiger partial charge in [-0.05, 0) is 6.42 Å². The van der Waals surface area contributed by atoms with Crippen LogP contribution in [0.5, 0.6) is 0 Å². The molecule has 0 rings (SSSR count). The lowest BCUT2D eigenvalue weighted by Gasteiger charge is -2.03. The molecule has 0 aliphatic heterocycles. The van der Waals surface area contributed by atoms with E-state index in [9.17, 15) is 13.2 Å². The minimum absolute atomic E-state index is 0. The van der Waals surface area contributed by atoms with Crippen molar-refractivity contribution in [1.29, 1.82) is 0 Å². The lowest BCUT2D eigenvalue weighted by atomic mass is 10.3. The Kier molecular flexibility index (Phi) is 7.29. The SMILES string of the molecule is Cl.ONCCCC(F)(F)F. The molecule has 0 aliphatic rings. The smallest absolute Gasteiger partial charge is 0.317 e. The summed E-state index contributed by atoms with van der Waals surface area (Å²) in [7, 11) is 0. The zero-order valence-electron chi connectivity index (χ0n) is 5.11. The fraction of sp³-hybridized carbons (Fsp3) is 1.00. The summed E-state index contributed by atoms with van der Waals surface area (Å²) in [5.41, 5.74) is 1.64. The molecule has 0 spiro atoms. The third-order valence-electron chi connectivity index (χ3n) is 0.749. The lowest BCUT2D eigenvalue weighted by Crippen LogP contribution is -2.14. The highest BCUT2D eigenvalue weighted by atomic mass is 35.5. The van der Waals surface area contributed by atoms with E-state index in [1.165, 1.54) is 0 Å². The van der Waals surface area contributed by atoms with Gasteiger partial charge in [0.2, 0.25) is 0 Å². The Morgan fingerprint density at radius 3 is 2.10 bits per heavy atom. The molecule has 0 fully saturated rings. The van der Waals surface area contributed by atoms with Crippen LogP contribution in [-0.4, -0.2) is 17.9 Å². The normalized spacial score (nSPS) is 10.8.